The molecule has 1 aromatic carbocycles. The lowest BCUT2D eigenvalue weighted by atomic mass is 9.92. The molecule has 4 rings (SSSR count). The molecule has 0 unspecified atom stereocenters. The van der Waals surface area contributed by atoms with Gasteiger partial charge in [0.15, 0.2) is 0 Å². The molecule has 140 valence electrons. The second kappa shape index (κ2) is 7.35. The van der Waals surface area contributed by atoms with E-state index in [1.807, 2.05) is 25.1 Å². The maximum absolute atomic E-state index is 13.9. The van der Waals surface area contributed by atoms with Crippen LogP contribution in [0.3, 0.4) is 0 Å². The van der Waals surface area contributed by atoms with Gasteiger partial charge in [0.25, 0.3) is 0 Å². The Bertz CT molecular complexity index is 1030. The number of halogens is 1. The number of hydrogen-bond acceptors (Lipinski definition) is 4. The summed E-state index contributed by atoms with van der Waals surface area (Å²) in [5, 5.41) is 0. The van der Waals surface area contributed by atoms with Crippen molar-refractivity contribution in [3.8, 4) is 11.3 Å². The van der Waals surface area contributed by atoms with Crippen molar-refractivity contribution in [2.75, 3.05) is 18.0 Å². The van der Waals surface area contributed by atoms with Gasteiger partial charge in [-0.2, -0.15) is 0 Å². The third-order valence-electron chi connectivity index (χ3n) is 4.99. The fourth-order valence-electron chi connectivity index (χ4n) is 3.57. The highest BCUT2D eigenvalue weighted by atomic mass is 19.1. The van der Waals surface area contributed by atoms with Crippen LogP contribution in [0.15, 0.2) is 55.9 Å². The molecule has 0 spiro atoms. The van der Waals surface area contributed by atoms with Crippen molar-refractivity contribution in [2.24, 2.45) is 0 Å². The number of anilines is 1. The number of hydrogen-bond donors (Lipinski definition) is 0. The maximum Gasteiger partial charge on any atom is 0.129 e. The Morgan fingerprint density at radius 3 is 2.57 bits per heavy atom. The summed E-state index contributed by atoms with van der Waals surface area (Å²) in [5.74, 6) is 0.870. The number of pyridine rings is 1. The van der Waals surface area contributed by atoms with Crippen molar-refractivity contribution in [1.29, 1.82) is 0 Å². The SMILES string of the molecule is C=Cc1ccc(N2CC(c3nccnc3-c3cc(C)cc(F)c3)C2)nc1C=C. The molecule has 28 heavy (non-hydrogen) atoms. The smallest absolute Gasteiger partial charge is 0.129 e. The van der Waals surface area contributed by atoms with E-state index >= 15 is 0 Å². The Balaban J connectivity index is 1.59. The van der Waals surface area contributed by atoms with Crippen LogP contribution in [-0.2, 0) is 0 Å². The molecule has 5 heteroatoms. The van der Waals surface area contributed by atoms with E-state index in [0.717, 1.165) is 52.7 Å². The zero-order valence-corrected chi connectivity index (χ0v) is 15.8. The Hall–Kier alpha value is -3.34. The molecular weight excluding hydrogens is 351 g/mol. The summed E-state index contributed by atoms with van der Waals surface area (Å²) in [6.07, 6.45) is 6.87. The van der Waals surface area contributed by atoms with Gasteiger partial charge in [-0.15, -0.1) is 0 Å². The summed E-state index contributed by atoms with van der Waals surface area (Å²) in [5.41, 5.74) is 5.07. The topological polar surface area (TPSA) is 41.9 Å². The maximum atomic E-state index is 13.9. The molecule has 1 aliphatic rings. The van der Waals surface area contributed by atoms with Crippen molar-refractivity contribution >= 4 is 18.0 Å². The van der Waals surface area contributed by atoms with Crippen LogP contribution in [0, 0.1) is 12.7 Å². The number of rotatable bonds is 5. The van der Waals surface area contributed by atoms with Crippen LogP contribution in [0.2, 0.25) is 0 Å². The third-order valence-corrected chi connectivity index (χ3v) is 4.99. The standard InChI is InChI=1S/C23H21FN4/c1-4-16-6-7-21(27-20(16)5-2)28-13-18(14-28)23-22(25-8-9-26-23)17-10-15(3)11-19(24)12-17/h4-12,18H,1-2,13-14H2,3H3. The monoisotopic (exact) mass is 372 g/mol. The van der Waals surface area contributed by atoms with Crippen LogP contribution in [0.4, 0.5) is 10.2 Å². The van der Waals surface area contributed by atoms with E-state index in [1.165, 1.54) is 12.1 Å². The predicted molar refractivity (Wildman–Crippen MR) is 112 cm³/mol. The second-order valence-electron chi connectivity index (χ2n) is 6.96. The number of nitrogens with zero attached hydrogens (tertiary/aromatic N) is 4. The van der Waals surface area contributed by atoms with Gasteiger partial charge in [-0.25, -0.2) is 9.37 Å². The molecule has 1 fully saturated rings. The van der Waals surface area contributed by atoms with Gasteiger partial charge in [0, 0.05) is 37.0 Å². The number of aryl methyl sites for hydroxylation is 1. The summed E-state index contributed by atoms with van der Waals surface area (Å²) < 4.78 is 13.9. The van der Waals surface area contributed by atoms with E-state index in [1.54, 1.807) is 24.5 Å². The lowest BCUT2D eigenvalue weighted by Crippen LogP contribution is -2.46. The molecule has 4 nitrogen and oxygen atoms in total. The van der Waals surface area contributed by atoms with E-state index in [-0.39, 0.29) is 11.7 Å². The van der Waals surface area contributed by atoms with Gasteiger partial charge in [-0.05, 0) is 54.5 Å². The summed E-state index contributed by atoms with van der Waals surface area (Å²) in [4.78, 5) is 15.9. The molecule has 2 aromatic heterocycles. The molecule has 1 aliphatic heterocycles. The Morgan fingerprint density at radius 1 is 1.07 bits per heavy atom. The van der Waals surface area contributed by atoms with Crippen molar-refractivity contribution < 1.29 is 4.39 Å². The molecule has 0 bridgehead atoms. The highest BCUT2D eigenvalue weighted by Gasteiger charge is 2.32. The van der Waals surface area contributed by atoms with Crippen LogP contribution in [0.5, 0.6) is 0 Å². The van der Waals surface area contributed by atoms with Gasteiger partial charge in [-0.3, -0.25) is 9.97 Å². The van der Waals surface area contributed by atoms with Crippen molar-refractivity contribution in [3.05, 3.63) is 84.2 Å². The molecule has 3 aromatic rings. The van der Waals surface area contributed by atoms with Crippen LogP contribution < -0.4 is 4.90 Å². The minimum atomic E-state index is -0.259. The second-order valence-corrected chi connectivity index (χ2v) is 6.96. The number of benzene rings is 1. The molecule has 0 amide bonds. The van der Waals surface area contributed by atoms with Crippen LogP contribution >= 0.6 is 0 Å². The molecule has 3 heterocycles. The van der Waals surface area contributed by atoms with Gasteiger partial charge in [-0.1, -0.05) is 19.2 Å². The predicted octanol–water partition coefficient (Wildman–Crippen LogP) is 4.88. The molecule has 0 aliphatic carbocycles. The highest BCUT2D eigenvalue weighted by molar-refractivity contribution is 5.66. The molecule has 0 N–H and O–H groups in total. The first kappa shape index (κ1) is 18.0. The fourth-order valence-corrected chi connectivity index (χ4v) is 3.57. The zero-order chi connectivity index (χ0) is 19.7. The highest BCUT2D eigenvalue weighted by Crippen LogP contribution is 2.35. The molecular formula is C23H21FN4. The average molecular weight is 372 g/mol. The Kier molecular flexibility index (Phi) is 4.74. The first-order valence-corrected chi connectivity index (χ1v) is 9.18. The summed E-state index contributed by atoms with van der Waals surface area (Å²) in [7, 11) is 0. The summed E-state index contributed by atoms with van der Waals surface area (Å²) in [6.45, 7) is 11.1. The first-order valence-electron chi connectivity index (χ1n) is 9.18. The molecule has 0 radical (unpaired) electrons. The first-order chi connectivity index (χ1) is 13.6. The van der Waals surface area contributed by atoms with E-state index in [2.05, 4.69) is 33.0 Å². The Labute approximate surface area is 164 Å². The van der Waals surface area contributed by atoms with Gasteiger partial charge >= 0.3 is 0 Å². The van der Waals surface area contributed by atoms with Crippen LogP contribution in [-0.4, -0.2) is 28.0 Å². The lowest BCUT2D eigenvalue weighted by molar-refractivity contribution is 0.508. The van der Waals surface area contributed by atoms with E-state index in [9.17, 15) is 4.39 Å². The normalized spacial score (nSPS) is 13.9. The van der Waals surface area contributed by atoms with Crippen LogP contribution in [0.25, 0.3) is 23.4 Å². The van der Waals surface area contributed by atoms with E-state index in [0.29, 0.717) is 0 Å². The minimum Gasteiger partial charge on any atom is -0.355 e. The summed E-state index contributed by atoms with van der Waals surface area (Å²) >= 11 is 0. The Morgan fingerprint density at radius 2 is 1.86 bits per heavy atom. The van der Waals surface area contributed by atoms with E-state index < -0.39 is 0 Å². The van der Waals surface area contributed by atoms with Crippen molar-refractivity contribution in [3.63, 3.8) is 0 Å². The van der Waals surface area contributed by atoms with E-state index in [4.69, 9.17) is 0 Å². The van der Waals surface area contributed by atoms with Gasteiger partial charge in [0.2, 0.25) is 0 Å². The lowest BCUT2D eigenvalue weighted by Gasteiger charge is -2.40. The quantitative estimate of drug-likeness (QED) is 0.640. The number of aromatic nitrogens is 3. The fraction of sp³-hybridized carbons (Fsp3) is 0.174. The van der Waals surface area contributed by atoms with Gasteiger partial charge < -0.3 is 4.90 Å². The van der Waals surface area contributed by atoms with Crippen molar-refractivity contribution in [1.82, 2.24) is 15.0 Å². The van der Waals surface area contributed by atoms with Gasteiger partial charge in [0.1, 0.15) is 11.6 Å². The average Bonchev–Trinajstić information content (AvgIpc) is 2.66. The third kappa shape index (κ3) is 3.31. The molecule has 1 saturated heterocycles. The van der Waals surface area contributed by atoms with Gasteiger partial charge in [0.05, 0.1) is 17.1 Å². The van der Waals surface area contributed by atoms with Crippen molar-refractivity contribution in [2.45, 2.75) is 12.8 Å². The molecule has 0 saturated carbocycles. The van der Waals surface area contributed by atoms with Crippen LogP contribution in [0.1, 0.15) is 28.4 Å². The summed E-state index contributed by atoms with van der Waals surface area (Å²) in [6, 6.07) is 8.97. The largest absolute Gasteiger partial charge is 0.355 e. The molecule has 0 atom stereocenters. The zero-order valence-electron chi connectivity index (χ0n) is 15.8. The minimum absolute atomic E-state index is 0.223.